The van der Waals surface area contributed by atoms with Gasteiger partial charge in [0.1, 0.15) is 0 Å². The minimum atomic E-state index is 0.468. The Morgan fingerprint density at radius 1 is 1.50 bits per heavy atom. The van der Waals surface area contributed by atoms with E-state index in [2.05, 4.69) is 29.5 Å². The average Bonchev–Trinajstić information content (AvgIpc) is 2.87. The standard InChI is InChI=1S/C13H22N2S/c1-15(7-6-13-3-2-8-16-13)10-11-4-5-12(14)9-11/h2-3,8,11-12H,4-7,9-10,14H2,1H3. The summed E-state index contributed by atoms with van der Waals surface area (Å²) in [5, 5.41) is 2.16. The van der Waals surface area contributed by atoms with E-state index in [1.54, 1.807) is 0 Å². The van der Waals surface area contributed by atoms with E-state index in [1.807, 2.05) is 11.3 Å². The van der Waals surface area contributed by atoms with E-state index in [9.17, 15) is 0 Å². The van der Waals surface area contributed by atoms with Gasteiger partial charge in [-0.05, 0) is 50.1 Å². The molecular weight excluding hydrogens is 216 g/mol. The average molecular weight is 238 g/mol. The first-order valence-corrected chi connectivity index (χ1v) is 7.08. The van der Waals surface area contributed by atoms with Gasteiger partial charge in [-0.3, -0.25) is 0 Å². The van der Waals surface area contributed by atoms with Gasteiger partial charge in [0.25, 0.3) is 0 Å². The molecule has 1 saturated carbocycles. The van der Waals surface area contributed by atoms with Crippen molar-refractivity contribution in [3.05, 3.63) is 22.4 Å². The number of rotatable bonds is 5. The SMILES string of the molecule is CN(CCc1cccs1)CC1CCC(N)C1. The number of nitrogens with two attached hydrogens (primary N) is 1. The molecule has 1 heterocycles. The lowest BCUT2D eigenvalue weighted by Gasteiger charge is -2.20. The van der Waals surface area contributed by atoms with Gasteiger partial charge in [-0.25, -0.2) is 0 Å². The van der Waals surface area contributed by atoms with Crippen molar-refractivity contribution in [2.24, 2.45) is 11.7 Å². The van der Waals surface area contributed by atoms with E-state index >= 15 is 0 Å². The molecule has 1 aromatic heterocycles. The van der Waals surface area contributed by atoms with Crippen LogP contribution in [0.15, 0.2) is 17.5 Å². The molecule has 16 heavy (non-hydrogen) atoms. The molecule has 0 spiro atoms. The molecule has 2 atom stereocenters. The summed E-state index contributed by atoms with van der Waals surface area (Å²) in [4.78, 5) is 3.96. The lowest BCUT2D eigenvalue weighted by atomic mass is 10.1. The minimum Gasteiger partial charge on any atom is -0.328 e. The summed E-state index contributed by atoms with van der Waals surface area (Å²) in [5.74, 6) is 0.836. The molecule has 2 nitrogen and oxygen atoms in total. The van der Waals surface area contributed by atoms with Crippen LogP contribution in [0.2, 0.25) is 0 Å². The fourth-order valence-electron chi connectivity index (χ4n) is 2.57. The molecule has 1 fully saturated rings. The van der Waals surface area contributed by atoms with Crippen molar-refractivity contribution in [3.8, 4) is 0 Å². The molecule has 0 radical (unpaired) electrons. The van der Waals surface area contributed by atoms with E-state index in [0.717, 1.165) is 5.92 Å². The highest BCUT2D eigenvalue weighted by Gasteiger charge is 2.22. The first kappa shape index (κ1) is 12.1. The maximum Gasteiger partial charge on any atom is 0.00579 e. The predicted molar refractivity (Wildman–Crippen MR) is 70.8 cm³/mol. The zero-order valence-corrected chi connectivity index (χ0v) is 10.9. The van der Waals surface area contributed by atoms with Gasteiger partial charge >= 0.3 is 0 Å². The molecule has 0 saturated heterocycles. The zero-order valence-electron chi connectivity index (χ0n) is 10.1. The van der Waals surface area contributed by atoms with Crippen molar-refractivity contribution in [2.75, 3.05) is 20.1 Å². The predicted octanol–water partition coefficient (Wildman–Crippen LogP) is 2.35. The van der Waals surface area contributed by atoms with Crippen molar-refractivity contribution in [3.63, 3.8) is 0 Å². The highest BCUT2D eigenvalue weighted by atomic mass is 32.1. The largest absolute Gasteiger partial charge is 0.328 e. The number of nitrogens with zero attached hydrogens (tertiary/aromatic N) is 1. The monoisotopic (exact) mass is 238 g/mol. The summed E-state index contributed by atoms with van der Waals surface area (Å²) in [5.41, 5.74) is 5.94. The van der Waals surface area contributed by atoms with Crippen LogP contribution in [-0.4, -0.2) is 31.1 Å². The van der Waals surface area contributed by atoms with Crippen molar-refractivity contribution in [2.45, 2.75) is 31.7 Å². The molecule has 90 valence electrons. The minimum absolute atomic E-state index is 0.468. The van der Waals surface area contributed by atoms with E-state index in [1.165, 1.54) is 43.6 Å². The van der Waals surface area contributed by atoms with Crippen LogP contribution < -0.4 is 5.73 Å². The second-order valence-corrected chi connectivity index (χ2v) is 6.06. The zero-order chi connectivity index (χ0) is 11.4. The number of thiophene rings is 1. The number of hydrogen-bond acceptors (Lipinski definition) is 3. The van der Waals surface area contributed by atoms with E-state index in [-0.39, 0.29) is 0 Å². The van der Waals surface area contributed by atoms with E-state index < -0.39 is 0 Å². The Balaban J connectivity index is 1.66. The third-order valence-electron chi connectivity index (χ3n) is 3.47. The van der Waals surface area contributed by atoms with E-state index in [4.69, 9.17) is 5.73 Å². The van der Waals surface area contributed by atoms with Crippen LogP contribution in [-0.2, 0) is 6.42 Å². The highest BCUT2D eigenvalue weighted by molar-refractivity contribution is 7.09. The fraction of sp³-hybridized carbons (Fsp3) is 0.692. The summed E-state index contributed by atoms with van der Waals surface area (Å²) in [6.45, 7) is 2.39. The Hall–Kier alpha value is -0.380. The first-order chi connectivity index (χ1) is 7.74. The van der Waals surface area contributed by atoms with Crippen LogP contribution in [0, 0.1) is 5.92 Å². The lowest BCUT2D eigenvalue weighted by molar-refractivity contribution is 0.280. The smallest absolute Gasteiger partial charge is 0.00579 e. The van der Waals surface area contributed by atoms with Crippen LogP contribution in [0.1, 0.15) is 24.1 Å². The number of likely N-dealkylation sites (N-methyl/N-ethyl adjacent to an activating group) is 1. The Morgan fingerprint density at radius 2 is 2.38 bits per heavy atom. The van der Waals surface area contributed by atoms with Gasteiger partial charge < -0.3 is 10.6 Å². The van der Waals surface area contributed by atoms with Crippen molar-refractivity contribution in [1.82, 2.24) is 4.90 Å². The van der Waals surface area contributed by atoms with Gasteiger partial charge in [-0.2, -0.15) is 0 Å². The Kier molecular flexibility index (Phi) is 4.38. The van der Waals surface area contributed by atoms with Crippen LogP contribution >= 0.6 is 11.3 Å². The molecule has 2 N–H and O–H groups in total. The maximum absolute atomic E-state index is 5.94. The Bertz CT molecular complexity index is 297. The molecule has 1 aromatic rings. The van der Waals surface area contributed by atoms with Gasteiger partial charge in [-0.15, -0.1) is 11.3 Å². The molecule has 2 rings (SSSR count). The quantitative estimate of drug-likeness (QED) is 0.853. The molecule has 3 heteroatoms. The third-order valence-corrected chi connectivity index (χ3v) is 4.41. The van der Waals surface area contributed by atoms with Gasteiger partial charge in [0.2, 0.25) is 0 Å². The molecule has 0 bridgehead atoms. The van der Waals surface area contributed by atoms with Crippen LogP contribution in [0.4, 0.5) is 0 Å². The summed E-state index contributed by atoms with van der Waals surface area (Å²) < 4.78 is 0. The Labute approximate surface area is 102 Å². The Morgan fingerprint density at radius 3 is 3.00 bits per heavy atom. The number of hydrogen-bond donors (Lipinski definition) is 1. The van der Waals surface area contributed by atoms with E-state index in [0.29, 0.717) is 6.04 Å². The van der Waals surface area contributed by atoms with Gasteiger partial charge in [-0.1, -0.05) is 6.07 Å². The van der Waals surface area contributed by atoms with Gasteiger partial charge in [0.15, 0.2) is 0 Å². The molecule has 2 unspecified atom stereocenters. The normalized spacial score (nSPS) is 25.4. The maximum atomic E-state index is 5.94. The second-order valence-electron chi connectivity index (χ2n) is 5.03. The first-order valence-electron chi connectivity index (χ1n) is 6.20. The third kappa shape index (κ3) is 3.58. The van der Waals surface area contributed by atoms with Gasteiger partial charge in [0.05, 0.1) is 0 Å². The highest BCUT2D eigenvalue weighted by Crippen LogP contribution is 2.24. The summed E-state index contributed by atoms with van der Waals surface area (Å²) in [6, 6.07) is 4.83. The summed E-state index contributed by atoms with van der Waals surface area (Å²) >= 11 is 1.86. The second kappa shape index (κ2) is 5.80. The van der Waals surface area contributed by atoms with Crippen molar-refractivity contribution in [1.29, 1.82) is 0 Å². The molecule has 0 aliphatic heterocycles. The van der Waals surface area contributed by atoms with Crippen LogP contribution in [0.5, 0.6) is 0 Å². The summed E-state index contributed by atoms with van der Waals surface area (Å²) in [6.07, 6.45) is 4.96. The molecule has 1 aliphatic carbocycles. The lowest BCUT2D eigenvalue weighted by Crippen LogP contribution is -2.27. The fourth-order valence-corrected chi connectivity index (χ4v) is 3.27. The van der Waals surface area contributed by atoms with Crippen molar-refractivity contribution < 1.29 is 0 Å². The van der Waals surface area contributed by atoms with Crippen molar-refractivity contribution >= 4 is 11.3 Å². The molecule has 1 aliphatic rings. The topological polar surface area (TPSA) is 29.3 Å². The summed E-state index contributed by atoms with van der Waals surface area (Å²) in [7, 11) is 2.23. The molecule has 0 aromatic carbocycles. The van der Waals surface area contributed by atoms with Crippen LogP contribution in [0.25, 0.3) is 0 Å². The van der Waals surface area contributed by atoms with Gasteiger partial charge in [0, 0.05) is 24.0 Å². The molecule has 0 amide bonds. The van der Waals surface area contributed by atoms with Crippen LogP contribution in [0.3, 0.4) is 0 Å². The molecular formula is C13H22N2S.